The van der Waals surface area contributed by atoms with Crippen LogP contribution >= 0.6 is 39.5 Å². The molecule has 1 aromatic heterocycles. The summed E-state index contributed by atoms with van der Waals surface area (Å²) in [6, 6.07) is 8.88. The van der Waals surface area contributed by atoms with Crippen molar-refractivity contribution in [1.82, 2.24) is 0 Å². The van der Waals surface area contributed by atoms with Crippen LogP contribution in [0.1, 0.15) is 15.9 Å². The minimum atomic E-state index is -1.32. The van der Waals surface area contributed by atoms with E-state index in [9.17, 15) is 10.4 Å². The van der Waals surface area contributed by atoms with Crippen LogP contribution < -0.4 is 9.96 Å². The third-order valence-electron chi connectivity index (χ3n) is 3.08. The van der Waals surface area contributed by atoms with Gasteiger partial charge in [0, 0.05) is 27.6 Å². The summed E-state index contributed by atoms with van der Waals surface area (Å²) in [4.78, 5) is 0. The van der Waals surface area contributed by atoms with E-state index in [-0.39, 0.29) is 12.5 Å². The number of hydrogen-bond acceptors (Lipinski definition) is 6. The Hall–Kier alpha value is -0.640. The van der Waals surface area contributed by atoms with Gasteiger partial charge in [0.15, 0.2) is 0 Å². The second kappa shape index (κ2) is 7.29. The van der Waals surface area contributed by atoms with E-state index in [0.717, 1.165) is 27.3 Å². The van der Waals surface area contributed by atoms with Crippen LogP contribution in [-0.2, 0) is 6.61 Å². The van der Waals surface area contributed by atoms with Crippen LogP contribution in [0.2, 0.25) is 0 Å². The van der Waals surface area contributed by atoms with Crippen molar-refractivity contribution in [2.24, 2.45) is 0 Å². The molecule has 0 radical (unpaired) electrons. The lowest BCUT2D eigenvalue weighted by molar-refractivity contribution is -0.725. The van der Waals surface area contributed by atoms with Crippen molar-refractivity contribution >= 4 is 45.3 Å². The van der Waals surface area contributed by atoms with Gasteiger partial charge in [0.1, 0.15) is 18.1 Å². The molecule has 0 aliphatic carbocycles. The maximum atomic E-state index is 10.7. The zero-order chi connectivity index (χ0) is 15.5. The molecule has 3 rings (SSSR count). The van der Waals surface area contributed by atoms with E-state index < -0.39 is 5.23 Å². The molecule has 1 aliphatic heterocycles. The molecule has 0 bridgehead atoms. The van der Waals surface area contributed by atoms with Crippen molar-refractivity contribution in [3.8, 4) is 5.75 Å². The summed E-state index contributed by atoms with van der Waals surface area (Å²) in [5.41, 5.74) is 1.13. The van der Waals surface area contributed by atoms with E-state index in [1.54, 1.807) is 6.07 Å². The molecular weight excluding hydrogens is 390 g/mol. The Morgan fingerprint density at radius 2 is 2.00 bits per heavy atom. The highest BCUT2D eigenvalue weighted by molar-refractivity contribution is 9.10. The highest BCUT2D eigenvalue weighted by Crippen LogP contribution is 2.48. The quantitative estimate of drug-likeness (QED) is 0.769. The van der Waals surface area contributed by atoms with Gasteiger partial charge >= 0.3 is 0 Å². The summed E-state index contributed by atoms with van der Waals surface area (Å²) in [7, 11) is 0. The first kappa shape index (κ1) is 16.2. The molecule has 0 unspecified atom stereocenters. The number of halogens is 1. The molecule has 2 heterocycles. The van der Waals surface area contributed by atoms with E-state index in [4.69, 9.17) is 9.15 Å². The summed E-state index contributed by atoms with van der Waals surface area (Å²) in [6.07, 6.45) is 0. The van der Waals surface area contributed by atoms with E-state index in [0.29, 0.717) is 10.3 Å². The highest BCUT2D eigenvalue weighted by Gasteiger charge is 2.22. The minimum Gasteiger partial charge on any atom is -0.625 e. The number of benzene rings is 1. The van der Waals surface area contributed by atoms with Gasteiger partial charge in [-0.25, -0.2) is 0 Å². The Bertz CT molecular complexity index is 644. The van der Waals surface area contributed by atoms with Gasteiger partial charge in [0.25, 0.3) is 5.88 Å². The van der Waals surface area contributed by atoms with Crippen LogP contribution in [0.5, 0.6) is 5.75 Å². The number of furan rings is 1. The van der Waals surface area contributed by atoms with Gasteiger partial charge in [0.05, 0.1) is 4.58 Å². The van der Waals surface area contributed by atoms with Crippen LogP contribution in [0.3, 0.4) is 0 Å². The maximum Gasteiger partial charge on any atom is 0.295 e. The first-order valence-electron chi connectivity index (χ1n) is 6.59. The Morgan fingerprint density at radius 3 is 2.68 bits per heavy atom. The van der Waals surface area contributed by atoms with Gasteiger partial charge in [-0.3, -0.25) is 0 Å². The molecule has 1 fully saturated rings. The van der Waals surface area contributed by atoms with Crippen LogP contribution in [0, 0.1) is 10.4 Å². The summed E-state index contributed by atoms with van der Waals surface area (Å²) in [5, 5.41) is 20.1. The molecule has 118 valence electrons. The Labute approximate surface area is 144 Å². The van der Waals surface area contributed by atoms with E-state index >= 15 is 0 Å². The fourth-order valence-electron chi connectivity index (χ4n) is 2.09. The van der Waals surface area contributed by atoms with Gasteiger partial charge < -0.3 is 24.8 Å². The van der Waals surface area contributed by atoms with E-state index in [2.05, 4.69) is 22.0 Å². The fraction of sp³-hybridized carbons (Fsp3) is 0.286. The number of ether oxygens (including phenoxy) is 1. The molecule has 0 atom stereocenters. The fourth-order valence-corrected chi connectivity index (χ4v) is 5.35. The Balaban J connectivity index is 1.73. The molecule has 22 heavy (non-hydrogen) atoms. The number of hydrogen-bond donors (Lipinski definition) is 1. The number of nitrogens with one attached hydrogen (secondary N) is 1. The predicted octanol–water partition coefficient (Wildman–Crippen LogP) is 3.61. The molecule has 0 amide bonds. The number of rotatable bonds is 5. The molecular formula is C14H13BrNO4S2-. The lowest BCUT2D eigenvalue weighted by atomic mass is 10.2. The van der Waals surface area contributed by atoms with Gasteiger partial charge in [-0.2, -0.15) is 0 Å². The summed E-state index contributed by atoms with van der Waals surface area (Å²) in [6.45, 7) is 0.184. The zero-order valence-electron chi connectivity index (χ0n) is 11.4. The topological polar surface area (TPSA) is 72.9 Å². The first-order valence-corrected chi connectivity index (χ1v) is 9.48. The summed E-state index contributed by atoms with van der Waals surface area (Å²) >= 11 is 7.30. The highest BCUT2D eigenvalue weighted by atomic mass is 79.9. The molecule has 8 heteroatoms. The largest absolute Gasteiger partial charge is 0.625 e. The average molecular weight is 403 g/mol. The molecule has 2 aromatic rings. The minimum absolute atomic E-state index is 0.184. The maximum absolute atomic E-state index is 10.7. The first-order chi connectivity index (χ1) is 10.6. The predicted molar refractivity (Wildman–Crippen MR) is 92.2 cm³/mol. The molecule has 1 saturated heterocycles. The number of thioether (sulfide) groups is 2. The number of quaternary nitrogens is 1. The molecule has 1 aliphatic rings. The molecule has 0 spiro atoms. The van der Waals surface area contributed by atoms with Crippen molar-refractivity contribution < 1.29 is 14.4 Å². The van der Waals surface area contributed by atoms with Crippen molar-refractivity contribution in [2.45, 2.75) is 11.2 Å². The Kier molecular flexibility index (Phi) is 5.37. The van der Waals surface area contributed by atoms with Crippen molar-refractivity contribution in [3.63, 3.8) is 0 Å². The van der Waals surface area contributed by atoms with Crippen molar-refractivity contribution in [1.29, 1.82) is 0 Å². The molecule has 5 nitrogen and oxygen atoms in total. The Morgan fingerprint density at radius 1 is 1.23 bits per heavy atom. The van der Waals surface area contributed by atoms with Crippen LogP contribution in [0.25, 0.3) is 0 Å². The average Bonchev–Trinajstić information content (AvgIpc) is 3.17. The van der Waals surface area contributed by atoms with E-state index in [1.807, 2.05) is 35.7 Å². The normalized spacial score (nSPS) is 15.6. The van der Waals surface area contributed by atoms with Crippen molar-refractivity contribution in [3.05, 3.63) is 56.5 Å². The second-order valence-electron chi connectivity index (χ2n) is 4.60. The lowest BCUT2D eigenvalue weighted by Gasteiger charge is -2.20. The van der Waals surface area contributed by atoms with Crippen LogP contribution in [0.4, 0.5) is 5.88 Å². The van der Waals surface area contributed by atoms with Crippen LogP contribution in [0.15, 0.2) is 39.2 Å². The van der Waals surface area contributed by atoms with Gasteiger partial charge in [0.2, 0.25) is 0 Å². The molecule has 1 aromatic carbocycles. The lowest BCUT2D eigenvalue weighted by Crippen LogP contribution is -2.96. The van der Waals surface area contributed by atoms with Gasteiger partial charge in [-0.05, 0) is 24.3 Å². The van der Waals surface area contributed by atoms with Gasteiger partial charge in [-0.1, -0.05) is 15.9 Å². The smallest absolute Gasteiger partial charge is 0.295 e. The summed E-state index contributed by atoms with van der Waals surface area (Å²) in [5.74, 6) is 3.33. The monoisotopic (exact) mass is 402 g/mol. The SMILES string of the molecule is [O-][NH+]([O-])c1ccc(COc2ccc(Br)cc2C2SCCS2)o1. The third-order valence-corrected chi connectivity index (χ3v) is 6.64. The second-order valence-corrected chi connectivity index (χ2v) is 8.24. The standard InChI is InChI=1S/C14H13BrNO4S2/c15-9-1-3-12(11(7-9)14-21-5-6-22-14)19-8-10-2-4-13(20-10)16(17)18/h1-4,7,14,16H,5-6,8H2/q-1. The third kappa shape index (κ3) is 3.81. The zero-order valence-corrected chi connectivity index (χ0v) is 14.6. The molecule has 1 N–H and O–H groups in total. The summed E-state index contributed by atoms with van der Waals surface area (Å²) < 4.78 is 12.4. The van der Waals surface area contributed by atoms with E-state index in [1.165, 1.54) is 6.07 Å². The molecule has 0 saturated carbocycles. The van der Waals surface area contributed by atoms with Crippen LogP contribution in [-0.4, -0.2) is 11.5 Å². The van der Waals surface area contributed by atoms with Gasteiger partial charge in [-0.15, -0.1) is 23.5 Å². The van der Waals surface area contributed by atoms with Crippen molar-refractivity contribution in [2.75, 3.05) is 11.5 Å².